The number of piperidine rings is 1. The average molecular weight is 479 g/mol. The Labute approximate surface area is 205 Å². The van der Waals surface area contributed by atoms with Gasteiger partial charge in [-0.05, 0) is 68.7 Å². The molecule has 4 rings (SSSR count). The van der Waals surface area contributed by atoms with E-state index in [1.54, 1.807) is 12.1 Å². The van der Waals surface area contributed by atoms with Crippen LogP contribution < -0.4 is 19.7 Å². The second-order valence-corrected chi connectivity index (χ2v) is 8.39. The lowest BCUT2D eigenvalue weighted by Crippen LogP contribution is -2.40. The Morgan fingerprint density at radius 3 is 2.43 bits per heavy atom. The number of aromatic nitrogens is 2. The van der Waals surface area contributed by atoms with Crippen molar-refractivity contribution in [1.29, 1.82) is 0 Å². The van der Waals surface area contributed by atoms with Crippen molar-refractivity contribution in [2.75, 3.05) is 31.2 Å². The molecular formula is C27H31FN4O3. The molecule has 2 heterocycles. The molecule has 1 N–H and O–H groups in total. The molecule has 0 atom stereocenters. The zero-order chi connectivity index (χ0) is 24.6. The van der Waals surface area contributed by atoms with Crippen LogP contribution in [0.15, 0.2) is 54.9 Å². The fourth-order valence-electron chi connectivity index (χ4n) is 4.21. The SMILES string of the molecule is CCOc1ccc(CNC(=O)C2CCN(c3cc(-c4ccc(F)cc4)ncn3)CC2)cc1OCC. The zero-order valence-electron chi connectivity index (χ0n) is 20.2. The van der Waals surface area contributed by atoms with Gasteiger partial charge in [0, 0.05) is 37.2 Å². The molecule has 1 aliphatic heterocycles. The molecule has 0 unspecified atom stereocenters. The van der Waals surface area contributed by atoms with Crippen LogP contribution in [0.3, 0.4) is 0 Å². The first-order valence-corrected chi connectivity index (χ1v) is 12.1. The molecule has 0 bridgehead atoms. The Morgan fingerprint density at radius 1 is 1.00 bits per heavy atom. The van der Waals surface area contributed by atoms with E-state index in [0.717, 1.165) is 48.6 Å². The third kappa shape index (κ3) is 6.26. The minimum Gasteiger partial charge on any atom is -0.490 e. The van der Waals surface area contributed by atoms with E-state index >= 15 is 0 Å². The Kier molecular flexibility index (Phi) is 8.13. The maximum Gasteiger partial charge on any atom is 0.223 e. The predicted molar refractivity (Wildman–Crippen MR) is 133 cm³/mol. The normalized spacial score (nSPS) is 14.0. The monoisotopic (exact) mass is 478 g/mol. The predicted octanol–water partition coefficient (Wildman–Crippen LogP) is 4.61. The summed E-state index contributed by atoms with van der Waals surface area (Å²) in [5, 5.41) is 3.07. The number of nitrogens with zero attached hydrogens (tertiary/aromatic N) is 3. The van der Waals surface area contributed by atoms with Gasteiger partial charge in [-0.3, -0.25) is 4.79 Å². The van der Waals surface area contributed by atoms with E-state index in [9.17, 15) is 9.18 Å². The number of carbonyl (C=O) groups is 1. The molecule has 3 aromatic rings. The molecule has 7 nitrogen and oxygen atoms in total. The molecule has 1 aromatic heterocycles. The third-order valence-corrected chi connectivity index (χ3v) is 6.06. The summed E-state index contributed by atoms with van der Waals surface area (Å²) < 4.78 is 24.5. The Balaban J connectivity index is 1.31. The molecule has 1 saturated heterocycles. The number of nitrogens with one attached hydrogen (secondary N) is 1. The summed E-state index contributed by atoms with van der Waals surface area (Å²) >= 11 is 0. The van der Waals surface area contributed by atoms with E-state index in [0.29, 0.717) is 31.3 Å². The van der Waals surface area contributed by atoms with Gasteiger partial charge in [0.15, 0.2) is 11.5 Å². The lowest BCUT2D eigenvalue weighted by molar-refractivity contribution is -0.125. The lowest BCUT2D eigenvalue weighted by atomic mass is 9.95. The van der Waals surface area contributed by atoms with Gasteiger partial charge in [0.25, 0.3) is 0 Å². The second kappa shape index (κ2) is 11.6. The minimum atomic E-state index is -0.277. The van der Waals surface area contributed by atoms with E-state index in [-0.39, 0.29) is 17.6 Å². The molecule has 0 radical (unpaired) electrons. The molecule has 1 amide bonds. The van der Waals surface area contributed by atoms with Crippen molar-refractivity contribution in [2.45, 2.75) is 33.2 Å². The highest BCUT2D eigenvalue weighted by Gasteiger charge is 2.25. The number of amides is 1. The van der Waals surface area contributed by atoms with Crippen LogP contribution in [0.5, 0.6) is 11.5 Å². The van der Waals surface area contributed by atoms with Gasteiger partial charge in [0.2, 0.25) is 5.91 Å². The first-order chi connectivity index (χ1) is 17.1. The maximum atomic E-state index is 13.2. The number of halogens is 1. The van der Waals surface area contributed by atoms with Gasteiger partial charge >= 0.3 is 0 Å². The molecule has 0 aliphatic carbocycles. The molecule has 2 aromatic carbocycles. The maximum absolute atomic E-state index is 13.2. The highest BCUT2D eigenvalue weighted by atomic mass is 19.1. The summed E-state index contributed by atoms with van der Waals surface area (Å²) in [7, 11) is 0. The third-order valence-electron chi connectivity index (χ3n) is 6.06. The zero-order valence-corrected chi connectivity index (χ0v) is 20.2. The first kappa shape index (κ1) is 24.4. The van der Waals surface area contributed by atoms with Crippen LogP contribution in [-0.4, -0.2) is 42.2 Å². The van der Waals surface area contributed by atoms with Crippen molar-refractivity contribution in [3.8, 4) is 22.8 Å². The summed E-state index contributed by atoms with van der Waals surface area (Å²) in [5.41, 5.74) is 2.56. The van der Waals surface area contributed by atoms with Crippen LogP contribution in [-0.2, 0) is 11.3 Å². The van der Waals surface area contributed by atoms with Gasteiger partial charge in [0.05, 0.1) is 18.9 Å². The van der Waals surface area contributed by atoms with Gasteiger partial charge in [-0.2, -0.15) is 0 Å². The minimum absolute atomic E-state index is 0.0429. The van der Waals surface area contributed by atoms with Crippen molar-refractivity contribution >= 4 is 11.7 Å². The van der Waals surface area contributed by atoms with Crippen LogP contribution >= 0.6 is 0 Å². The van der Waals surface area contributed by atoms with E-state index in [1.807, 2.05) is 38.1 Å². The van der Waals surface area contributed by atoms with Crippen molar-refractivity contribution < 1.29 is 18.7 Å². The second-order valence-electron chi connectivity index (χ2n) is 8.39. The largest absolute Gasteiger partial charge is 0.490 e. The van der Waals surface area contributed by atoms with Gasteiger partial charge < -0.3 is 19.7 Å². The first-order valence-electron chi connectivity index (χ1n) is 12.1. The quantitative estimate of drug-likeness (QED) is 0.484. The fraction of sp³-hybridized carbons (Fsp3) is 0.370. The van der Waals surface area contributed by atoms with E-state index in [1.165, 1.54) is 18.5 Å². The molecule has 1 fully saturated rings. The smallest absolute Gasteiger partial charge is 0.223 e. The van der Waals surface area contributed by atoms with Gasteiger partial charge in [-0.15, -0.1) is 0 Å². The molecular weight excluding hydrogens is 447 g/mol. The molecule has 0 saturated carbocycles. The molecule has 184 valence electrons. The average Bonchev–Trinajstić information content (AvgIpc) is 2.89. The molecule has 35 heavy (non-hydrogen) atoms. The van der Waals surface area contributed by atoms with Crippen molar-refractivity contribution in [2.24, 2.45) is 5.92 Å². The molecule has 1 aliphatic rings. The van der Waals surface area contributed by atoms with Gasteiger partial charge in [-0.1, -0.05) is 6.07 Å². The van der Waals surface area contributed by atoms with Gasteiger partial charge in [0.1, 0.15) is 18.0 Å². The molecule has 0 spiro atoms. The summed E-state index contributed by atoms with van der Waals surface area (Å²) in [6.07, 6.45) is 3.02. The Morgan fingerprint density at radius 2 is 1.71 bits per heavy atom. The van der Waals surface area contributed by atoms with Gasteiger partial charge in [-0.25, -0.2) is 14.4 Å². The summed E-state index contributed by atoms with van der Waals surface area (Å²) in [6.45, 7) is 6.89. The van der Waals surface area contributed by atoms with E-state index < -0.39 is 0 Å². The highest BCUT2D eigenvalue weighted by molar-refractivity contribution is 5.79. The van der Waals surface area contributed by atoms with Crippen molar-refractivity contribution in [3.05, 3.63) is 66.2 Å². The van der Waals surface area contributed by atoms with E-state index in [4.69, 9.17) is 9.47 Å². The fourth-order valence-corrected chi connectivity index (χ4v) is 4.21. The standard InChI is InChI=1S/C27H31FN4O3/c1-3-34-24-10-5-19(15-25(24)35-4-2)17-29-27(33)21-11-13-32(14-12-21)26-16-23(30-18-31-26)20-6-8-22(28)9-7-20/h5-10,15-16,18,21H,3-4,11-14,17H2,1-2H3,(H,29,33). The van der Waals surface area contributed by atoms with Crippen LogP contribution in [0, 0.1) is 11.7 Å². The van der Waals surface area contributed by atoms with Crippen LogP contribution in [0.2, 0.25) is 0 Å². The highest BCUT2D eigenvalue weighted by Crippen LogP contribution is 2.29. The van der Waals surface area contributed by atoms with Crippen LogP contribution in [0.1, 0.15) is 32.3 Å². The van der Waals surface area contributed by atoms with Crippen molar-refractivity contribution in [3.63, 3.8) is 0 Å². The number of ether oxygens (including phenoxy) is 2. The number of anilines is 1. The van der Waals surface area contributed by atoms with Crippen LogP contribution in [0.4, 0.5) is 10.2 Å². The van der Waals surface area contributed by atoms with Crippen molar-refractivity contribution in [1.82, 2.24) is 15.3 Å². The topological polar surface area (TPSA) is 76.6 Å². The number of carbonyl (C=O) groups excluding carboxylic acids is 1. The number of hydrogen-bond donors (Lipinski definition) is 1. The summed E-state index contributed by atoms with van der Waals surface area (Å²) in [5.74, 6) is 1.96. The Hall–Kier alpha value is -3.68. The summed E-state index contributed by atoms with van der Waals surface area (Å²) in [6, 6.07) is 13.9. The Bertz CT molecular complexity index is 1130. The van der Waals surface area contributed by atoms with E-state index in [2.05, 4.69) is 20.2 Å². The summed E-state index contributed by atoms with van der Waals surface area (Å²) in [4.78, 5) is 23.7. The number of rotatable bonds is 9. The lowest BCUT2D eigenvalue weighted by Gasteiger charge is -2.32. The molecule has 8 heteroatoms. The number of benzene rings is 2. The van der Waals surface area contributed by atoms with Crippen LogP contribution in [0.25, 0.3) is 11.3 Å². The number of hydrogen-bond acceptors (Lipinski definition) is 6.